The largest absolute Gasteiger partial charge is 0.443 e. The van der Waals surface area contributed by atoms with Crippen molar-refractivity contribution in [3.8, 4) is 0 Å². The predicted molar refractivity (Wildman–Crippen MR) is 103 cm³/mol. The van der Waals surface area contributed by atoms with E-state index < -0.39 is 11.7 Å². The number of aromatic nitrogens is 6. The molecular weight excluding hydrogens is 362 g/mol. The molecule has 0 radical (unpaired) electrons. The summed E-state index contributed by atoms with van der Waals surface area (Å²) >= 11 is 0. The van der Waals surface area contributed by atoms with Gasteiger partial charge in [-0.2, -0.15) is 5.21 Å². The van der Waals surface area contributed by atoms with Crippen LogP contribution in [-0.2, 0) is 11.3 Å². The van der Waals surface area contributed by atoms with Crippen molar-refractivity contribution >= 4 is 22.7 Å². The fourth-order valence-electron chi connectivity index (χ4n) is 2.53. The minimum atomic E-state index is -0.630. The number of fused-ring (bicyclic) bond motifs is 1. The van der Waals surface area contributed by atoms with Gasteiger partial charge in [-0.05, 0) is 45.4 Å². The third-order valence-corrected chi connectivity index (χ3v) is 3.84. The quantitative estimate of drug-likeness (QED) is 0.620. The number of rotatable bonds is 7. The Labute approximate surface area is 162 Å². The van der Waals surface area contributed by atoms with E-state index in [0.717, 1.165) is 23.7 Å². The van der Waals surface area contributed by atoms with E-state index in [9.17, 15) is 4.79 Å². The van der Waals surface area contributed by atoms with Crippen molar-refractivity contribution in [2.24, 2.45) is 0 Å². The number of H-pyrrole nitrogens is 1. The van der Waals surface area contributed by atoms with Gasteiger partial charge in [0, 0.05) is 11.1 Å². The molecule has 0 bridgehead atoms. The van der Waals surface area contributed by atoms with Gasteiger partial charge >= 0.3 is 6.09 Å². The average molecular weight is 387 g/mol. The number of benzene rings is 1. The molecule has 150 valence electrons. The van der Waals surface area contributed by atoms with Gasteiger partial charge in [-0.25, -0.2) is 4.79 Å². The molecule has 0 unspecified atom stereocenters. The maximum Gasteiger partial charge on any atom is 0.415 e. The lowest BCUT2D eigenvalue weighted by atomic mass is 10.2. The molecule has 3 aromatic rings. The molecule has 1 N–H and O–H groups in total. The standard InChI is InChI=1S/C18H25N7O3/c1-5-6-9-27-25-15-8-7-14(10-13(15)11-19-25)24(12-16-20-22-23-21-16)17(26)28-18(2,3)4/h7-8,10-11H,5-6,9,12H2,1-4H3,(H,20,21,22,23). The summed E-state index contributed by atoms with van der Waals surface area (Å²) in [5.41, 5.74) is 0.831. The Kier molecular flexibility index (Phi) is 5.76. The lowest BCUT2D eigenvalue weighted by Gasteiger charge is -2.26. The summed E-state index contributed by atoms with van der Waals surface area (Å²) < 4.78 is 5.54. The van der Waals surface area contributed by atoms with E-state index >= 15 is 0 Å². The van der Waals surface area contributed by atoms with Crippen molar-refractivity contribution in [2.75, 3.05) is 11.5 Å². The lowest BCUT2D eigenvalue weighted by Crippen LogP contribution is -2.36. The minimum absolute atomic E-state index is 0.123. The molecule has 1 amide bonds. The molecule has 28 heavy (non-hydrogen) atoms. The number of ether oxygens (including phenoxy) is 1. The highest BCUT2D eigenvalue weighted by molar-refractivity contribution is 5.91. The van der Waals surface area contributed by atoms with Gasteiger partial charge in [0.2, 0.25) is 0 Å². The van der Waals surface area contributed by atoms with Gasteiger partial charge in [0.1, 0.15) is 17.7 Å². The van der Waals surface area contributed by atoms with Crippen molar-refractivity contribution < 1.29 is 14.4 Å². The van der Waals surface area contributed by atoms with E-state index in [2.05, 4.69) is 32.6 Å². The molecule has 0 spiro atoms. The Hall–Kier alpha value is -3.17. The highest BCUT2D eigenvalue weighted by atomic mass is 16.7. The van der Waals surface area contributed by atoms with Crippen molar-refractivity contribution in [3.05, 3.63) is 30.2 Å². The summed E-state index contributed by atoms with van der Waals surface area (Å²) in [6.07, 6.45) is 3.20. The molecule has 0 saturated carbocycles. The normalized spacial score (nSPS) is 11.6. The zero-order valence-corrected chi connectivity index (χ0v) is 16.5. The first-order valence-electron chi connectivity index (χ1n) is 9.21. The topological polar surface area (TPSA) is 111 Å². The fraction of sp³-hybridized carbons (Fsp3) is 0.500. The molecule has 0 aliphatic heterocycles. The number of nitrogens with one attached hydrogen (secondary N) is 1. The van der Waals surface area contributed by atoms with Crippen LogP contribution in [0.2, 0.25) is 0 Å². The van der Waals surface area contributed by atoms with Crippen LogP contribution >= 0.6 is 0 Å². The number of hydrogen-bond acceptors (Lipinski definition) is 7. The SMILES string of the molecule is CCCCOn1ncc2cc(N(Cc3nn[nH]n3)C(=O)OC(C)(C)C)ccc21. The van der Waals surface area contributed by atoms with Crippen LogP contribution in [0.3, 0.4) is 0 Å². The van der Waals surface area contributed by atoms with E-state index in [1.165, 1.54) is 9.75 Å². The van der Waals surface area contributed by atoms with Crippen LogP contribution < -0.4 is 9.74 Å². The van der Waals surface area contributed by atoms with Crippen LogP contribution in [0.1, 0.15) is 46.4 Å². The number of carbonyl (C=O) groups is 1. The van der Waals surface area contributed by atoms with Gasteiger partial charge in [0.25, 0.3) is 0 Å². The second kappa shape index (κ2) is 8.24. The van der Waals surface area contributed by atoms with E-state index in [1.807, 2.05) is 39.0 Å². The lowest BCUT2D eigenvalue weighted by molar-refractivity contribution is 0.0576. The summed E-state index contributed by atoms with van der Waals surface area (Å²) in [6, 6.07) is 5.52. The highest BCUT2D eigenvalue weighted by Crippen LogP contribution is 2.25. The molecular formula is C18H25N7O3. The summed E-state index contributed by atoms with van der Waals surface area (Å²) in [6.45, 7) is 8.27. The molecule has 2 heterocycles. The number of tetrazole rings is 1. The number of unbranched alkanes of at least 4 members (excludes halogenated alkanes) is 1. The van der Waals surface area contributed by atoms with Crippen LogP contribution in [0.4, 0.5) is 10.5 Å². The molecule has 0 fully saturated rings. The average Bonchev–Trinajstić information content (AvgIpc) is 3.28. The molecule has 10 nitrogen and oxygen atoms in total. The number of amides is 1. The third-order valence-electron chi connectivity index (χ3n) is 3.84. The number of hydrogen-bond donors (Lipinski definition) is 1. The zero-order chi connectivity index (χ0) is 20.1. The monoisotopic (exact) mass is 387 g/mol. The maximum atomic E-state index is 12.8. The van der Waals surface area contributed by atoms with Crippen molar-refractivity contribution in [1.82, 2.24) is 30.6 Å². The van der Waals surface area contributed by atoms with Gasteiger partial charge in [-0.1, -0.05) is 23.4 Å². The molecule has 0 atom stereocenters. The predicted octanol–water partition coefficient (Wildman–Crippen LogP) is 2.72. The molecule has 3 rings (SSSR count). The second-order valence-electron chi connectivity index (χ2n) is 7.34. The Balaban J connectivity index is 1.88. The van der Waals surface area contributed by atoms with Crippen LogP contribution in [0, 0.1) is 0 Å². The van der Waals surface area contributed by atoms with Gasteiger partial charge in [0.05, 0.1) is 12.7 Å². The van der Waals surface area contributed by atoms with Gasteiger partial charge < -0.3 is 9.57 Å². The van der Waals surface area contributed by atoms with Crippen molar-refractivity contribution in [1.29, 1.82) is 0 Å². The van der Waals surface area contributed by atoms with E-state index in [1.54, 1.807) is 6.20 Å². The van der Waals surface area contributed by atoms with E-state index in [-0.39, 0.29) is 6.54 Å². The fourth-order valence-corrected chi connectivity index (χ4v) is 2.53. The Morgan fingerprint density at radius 3 is 2.82 bits per heavy atom. The van der Waals surface area contributed by atoms with Crippen LogP contribution in [-0.4, -0.2) is 48.9 Å². The minimum Gasteiger partial charge on any atom is -0.443 e. The zero-order valence-electron chi connectivity index (χ0n) is 16.5. The Morgan fingerprint density at radius 2 is 2.14 bits per heavy atom. The Bertz CT molecular complexity index is 915. The second-order valence-corrected chi connectivity index (χ2v) is 7.34. The number of nitrogens with zero attached hydrogens (tertiary/aromatic N) is 6. The van der Waals surface area contributed by atoms with Crippen LogP contribution in [0.15, 0.2) is 24.4 Å². The summed E-state index contributed by atoms with van der Waals surface area (Å²) in [5.74, 6) is 0.379. The molecule has 0 saturated heterocycles. The van der Waals surface area contributed by atoms with E-state index in [4.69, 9.17) is 9.57 Å². The van der Waals surface area contributed by atoms with Crippen LogP contribution in [0.5, 0.6) is 0 Å². The summed E-state index contributed by atoms with van der Waals surface area (Å²) in [4.78, 5) is 21.4. The van der Waals surface area contributed by atoms with Gasteiger partial charge in [0.15, 0.2) is 5.82 Å². The first-order valence-corrected chi connectivity index (χ1v) is 9.21. The van der Waals surface area contributed by atoms with E-state index in [0.29, 0.717) is 18.1 Å². The molecule has 0 aliphatic carbocycles. The number of carbonyl (C=O) groups excluding carboxylic acids is 1. The molecule has 2 aromatic heterocycles. The molecule has 10 heteroatoms. The van der Waals surface area contributed by atoms with Crippen LogP contribution in [0.25, 0.3) is 10.9 Å². The van der Waals surface area contributed by atoms with Gasteiger partial charge in [-0.3, -0.25) is 4.90 Å². The number of anilines is 1. The summed E-state index contributed by atoms with van der Waals surface area (Å²) in [5, 5.41) is 18.9. The maximum absolute atomic E-state index is 12.8. The third kappa shape index (κ3) is 4.76. The smallest absolute Gasteiger partial charge is 0.415 e. The molecule has 1 aromatic carbocycles. The first kappa shape index (κ1) is 19.6. The summed E-state index contributed by atoms with van der Waals surface area (Å²) in [7, 11) is 0. The number of aromatic amines is 1. The first-order chi connectivity index (χ1) is 13.4. The highest BCUT2D eigenvalue weighted by Gasteiger charge is 2.25. The van der Waals surface area contributed by atoms with Crippen molar-refractivity contribution in [3.63, 3.8) is 0 Å². The van der Waals surface area contributed by atoms with Gasteiger partial charge in [-0.15, -0.1) is 15.3 Å². The van der Waals surface area contributed by atoms with Crippen molar-refractivity contribution in [2.45, 2.75) is 52.7 Å². The Morgan fingerprint density at radius 1 is 1.32 bits per heavy atom. The molecule has 0 aliphatic rings.